The highest BCUT2D eigenvalue weighted by atomic mass is 15.1. The van der Waals surface area contributed by atoms with Crippen LogP contribution in [0.1, 0.15) is 0 Å². The highest BCUT2D eigenvalue weighted by molar-refractivity contribution is 6.06. The van der Waals surface area contributed by atoms with Gasteiger partial charge >= 0.3 is 0 Å². The third-order valence-electron chi connectivity index (χ3n) is 9.43. The van der Waals surface area contributed by atoms with Crippen LogP contribution in [0.5, 0.6) is 0 Å². The van der Waals surface area contributed by atoms with Gasteiger partial charge in [-0.2, -0.15) is 0 Å². The summed E-state index contributed by atoms with van der Waals surface area (Å²) in [5.41, 5.74) is 13.7. The number of benzene rings is 8. The maximum absolute atomic E-state index is 5.30. The van der Waals surface area contributed by atoms with E-state index >= 15 is 0 Å². The minimum atomic E-state index is 0.886. The summed E-state index contributed by atoms with van der Waals surface area (Å²) in [6.45, 7) is 0. The predicted molar refractivity (Wildman–Crippen MR) is 213 cm³/mol. The van der Waals surface area contributed by atoms with Crippen LogP contribution in [0.4, 0.5) is 17.1 Å². The molecule has 1 heterocycles. The third-order valence-corrected chi connectivity index (χ3v) is 9.43. The lowest BCUT2D eigenvalue weighted by atomic mass is 9.96. The molecule has 3 heteroatoms. The van der Waals surface area contributed by atoms with E-state index in [1.807, 2.05) is 24.3 Å². The van der Waals surface area contributed by atoms with E-state index in [1.165, 1.54) is 16.7 Å². The molecule has 0 aliphatic carbocycles. The number of rotatable bonds is 7. The number of para-hydroxylation sites is 2. The molecule has 0 radical (unpaired) electrons. The van der Waals surface area contributed by atoms with Gasteiger partial charge in [-0.1, -0.05) is 146 Å². The van der Waals surface area contributed by atoms with Crippen LogP contribution in [0, 0.1) is 0 Å². The minimum absolute atomic E-state index is 0.886. The first-order valence-electron chi connectivity index (χ1n) is 17.2. The summed E-state index contributed by atoms with van der Waals surface area (Å²) in [7, 11) is 0. The van der Waals surface area contributed by atoms with Crippen molar-refractivity contribution in [3.05, 3.63) is 200 Å². The average molecular weight is 652 g/mol. The number of aromatic nitrogens is 2. The summed E-state index contributed by atoms with van der Waals surface area (Å²) in [4.78, 5) is 12.8. The average Bonchev–Trinajstić information content (AvgIpc) is 3.22. The highest BCUT2D eigenvalue weighted by Gasteiger charge is 2.16. The summed E-state index contributed by atoms with van der Waals surface area (Å²) in [6.07, 6.45) is 0. The molecule has 0 N–H and O–H groups in total. The zero-order valence-corrected chi connectivity index (χ0v) is 27.9. The molecule has 240 valence electrons. The van der Waals surface area contributed by atoms with Gasteiger partial charge in [0.05, 0.1) is 22.4 Å². The molecular weight excluding hydrogens is 619 g/mol. The van der Waals surface area contributed by atoms with Gasteiger partial charge in [0.2, 0.25) is 0 Å². The summed E-state index contributed by atoms with van der Waals surface area (Å²) >= 11 is 0. The molecule has 3 nitrogen and oxygen atoms in total. The second-order valence-corrected chi connectivity index (χ2v) is 12.7. The third kappa shape index (κ3) is 5.92. The van der Waals surface area contributed by atoms with Crippen molar-refractivity contribution in [2.24, 2.45) is 0 Å². The lowest BCUT2D eigenvalue weighted by molar-refractivity contribution is 1.28. The summed E-state index contributed by atoms with van der Waals surface area (Å²) in [5.74, 6) is 0. The van der Waals surface area contributed by atoms with E-state index in [2.05, 4.69) is 181 Å². The molecule has 0 amide bonds. The molecule has 0 unspecified atom stereocenters. The Morgan fingerprint density at radius 2 is 0.784 bits per heavy atom. The second kappa shape index (κ2) is 13.2. The molecule has 0 saturated carbocycles. The predicted octanol–water partition coefficient (Wildman–Crippen LogP) is 12.9. The van der Waals surface area contributed by atoms with Crippen LogP contribution in [0.3, 0.4) is 0 Å². The van der Waals surface area contributed by atoms with E-state index in [0.29, 0.717) is 0 Å². The molecule has 0 atom stereocenters. The van der Waals surface area contributed by atoms with Crippen LogP contribution in [-0.2, 0) is 0 Å². The quantitative estimate of drug-likeness (QED) is 0.161. The van der Waals surface area contributed by atoms with Crippen LogP contribution in [-0.4, -0.2) is 9.97 Å². The number of fused-ring (bicyclic) bond motifs is 3. The molecule has 0 saturated heterocycles. The van der Waals surface area contributed by atoms with E-state index < -0.39 is 0 Å². The van der Waals surface area contributed by atoms with Crippen molar-refractivity contribution >= 4 is 38.9 Å². The normalized spacial score (nSPS) is 11.1. The number of anilines is 3. The van der Waals surface area contributed by atoms with Gasteiger partial charge < -0.3 is 4.90 Å². The standard InChI is InChI=1S/C48H33N3/c1-5-14-35(15-6-1)46-47(36-16-7-2-8-17-36)50-48-44-30-26-39(33-40(44)27-31-45(48)49-46)38-19-13-18-37(32-38)34-24-28-43(29-25-34)51(41-20-9-3-10-21-41)42-22-11-4-12-23-42/h1-33H. The fourth-order valence-corrected chi connectivity index (χ4v) is 6.90. The fraction of sp³-hybridized carbons (Fsp3) is 0. The minimum Gasteiger partial charge on any atom is -0.311 e. The van der Waals surface area contributed by atoms with Gasteiger partial charge in [0, 0.05) is 33.6 Å². The molecule has 8 aromatic carbocycles. The Morgan fingerprint density at radius 1 is 0.314 bits per heavy atom. The Hall–Kier alpha value is -6.84. The largest absolute Gasteiger partial charge is 0.311 e. The maximum Gasteiger partial charge on any atom is 0.0973 e. The van der Waals surface area contributed by atoms with E-state index in [4.69, 9.17) is 9.97 Å². The Balaban J connectivity index is 1.07. The van der Waals surface area contributed by atoms with Crippen molar-refractivity contribution in [3.63, 3.8) is 0 Å². The summed E-state index contributed by atoms with van der Waals surface area (Å²) in [6, 6.07) is 70.3. The van der Waals surface area contributed by atoms with Gasteiger partial charge in [0.1, 0.15) is 0 Å². The van der Waals surface area contributed by atoms with Crippen molar-refractivity contribution in [2.75, 3.05) is 4.90 Å². The lowest BCUT2D eigenvalue weighted by Gasteiger charge is -2.25. The lowest BCUT2D eigenvalue weighted by Crippen LogP contribution is -2.09. The van der Waals surface area contributed by atoms with Crippen LogP contribution < -0.4 is 4.90 Å². The molecule has 0 aliphatic heterocycles. The molecule has 0 aliphatic rings. The molecule has 9 aromatic rings. The van der Waals surface area contributed by atoms with E-state index in [1.54, 1.807) is 0 Å². The highest BCUT2D eigenvalue weighted by Crippen LogP contribution is 2.37. The van der Waals surface area contributed by atoms with Crippen molar-refractivity contribution < 1.29 is 0 Å². The molecular formula is C48H33N3. The Labute approximate surface area is 297 Å². The second-order valence-electron chi connectivity index (χ2n) is 12.7. The Kier molecular flexibility index (Phi) is 7.84. The molecule has 0 spiro atoms. The smallest absolute Gasteiger partial charge is 0.0973 e. The number of nitrogens with zero attached hydrogens (tertiary/aromatic N) is 3. The Bertz CT molecular complexity index is 2560. The first-order chi connectivity index (χ1) is 25.3. The van der Waals surface area contributed by atoms with Gasteiger partial charge in [-0.15, -0.1) is 0 Å². The molecule has 0 fully saturated rings. The number of hydrogen-bond acceptors (Lipinski definition) is 3. The number of hydrogen-bond donors (Lipinski definition) is 0. The van der Waals surface area contributed by atoms with Crippen LogP contribution in [0.15, 0.2) is 200 Å². The maximum atomic E-state index is 5.30. The summed E-state index contributed by atoms with van der Waals surface area (Å²) in [5, 5.41) is 2.23. The zero-order chi connectivity index (χ0) is 34.0. The van der Waals surface area contributed by atoms with Gasteiger partial charge in [-0.05, 0) is 82.2 Å². The molecule has 0 bridgehead atoms. The van der Waals surface area contributed by atoms with E-state index in [9.17, 15) is 0 Å². The van der Waals surface area contributed by atoms with E-state index in [-0.39, 0.29) is 0 Å². The van der Waals surface area contributed by atoms with Crippen LogP contribution in [0.25, 0.3) is 66.6 Å². The van der Waals surface area contributed by atoms with Gasteiger partial charge in [-0.3, -0.25) is 0 Å². The van der Waals surface area contributed by atoms with E-state index in [0.717, 1.165) is 66.9 Å². The SMILES string of the molecule is c1ccc(-c2nc3ccc4cc(-c5cccc(-c6ccc(N(c7ccccc7)c7ccccc7)cc6)c5)ccc4c3nc2-c2ccccc2)cc1. The van der Waals surface area contributed by atoms with Gasteiger partial charge in [0.15, 0.2) is 0 Å². The van der Waals surface area contributed by atoms with Crippen LogP contribution in [0.2, 0.25) is 0 Å². The zero-order valence-electron chi connectivity index (χ0n) is 27.9. The monoisotopic (exact) mass is 651 g/mol. The van der Waals surface area contributed by atoms with Crippen LogP contribution >= 0.6 is 0 Å². The van der Waals surface area contributed by atoms with Crippen molar-refractivity contribution in [2.45, 2.75) is 0 Å². The molecule has 1 aromatic heterocycles. The fourth-order valence-electron chi connectivity index (χ4n) is 6.90. The van der Waals surface area contributed by atoms with Crippen molar-refractivity contribution in [1.82, 2.24) is 9.97 Å². The molecule has 51 heavy (non-hydrogen) atoms. The summed E-state index contributed by atoms with van der Waals surface area (Å²) < 4.78 is 0. The van der Waals surface area contributed by atoms with Gasteiger partial charge in [-0.25, -0.2) is 9.97 Å². The van der Waals surface area contributed by atoms with Gasteiger partial charge in [0.25, 0.3) is 0 Å². The molecule has 9 rings (SSSR count). The Morgan fingerprint density at radius 3 is 1.39 bits per heavy atom. The first-order valence-corrected chi connectivity index (χ1v) is 17.2. The van der Waals surface area contributed by atoms with Crippen molar-refractivity contribution in [1.29, 1.82) is 0 Å². The first kappa shape index (κ1) is 30.2. The van der Waals surface area contributed by atoms with Crippen molar-refractivity contribution in [3.8, 4) is 44.8 Å². The topological polar surface area (TPSA) is 29.0 Å².